The zero-order valence-corrected chi connectivity index (χ0v) is 11.7. The highest BCUT2D eigenvalue weighted by Crippen LogP contribution is 2.27. The standard InChI is InChI=1S/C16H14FN3O/c1-9-5-12-14(6-10(9)2)18-8-19-16(12)20-11-3-4-15(21)13(17)7-11/h3-8,21H,1-2H3,(H,18,19,20). The predicted octanol–water partition coefficient (Wildman–Crippen LogP) is 3.83. The van der Waals surface area contributed by atoms with Crippen molar-refractivity contribution in [1.82, 2.24) is 9.97 Å². The topological polar surface area (TPSA) is 58.0 Å². The molecule has 21 heavy (non-hydrogen) atoms. The summed E-state index contributed by atoms with van der Waals surface area (Å²) in [6, 6.07) is 8.12. The molecule has 0 bridgehead atoms. The molecule has 2 N–H and O–H groups in total. The lowest BCUT2D eigenvalue weighted by molar-refractivity contribution is 0.432. The van der Waals surface area contributed by atoms with E-state index in [2.05, 4.69) is 15.3 Å². The van der Waals surface area contributed by atoms with Gasteiger partial charge in [0.2, 0.25) is 0 Å². The summed E-state index contributed by atoms with van der Waals surface area (Å²) in [5.41, 5.74) is 3.64. The Labute approximate surface area is 121 Å². The summed E-state index contributed by atoms with van der Waals surface area (Å²) in [5.74, 6) is -0.446. The number of hydrogen-bond acceptors (Lipinski definition) is 4. The number of nitrogens with zero attached hydrogens (tertiary/aromatic N) is 2. The molecule has 0 radical (unpaired) electrons. The van der Waals surface area contributed by atoms with Crippen LogP contribution in [-0.4, -0.2) is 15.1 Å². The van der Waals surface area contributed by atoms with Crippen molar-refractivity contribution in [3.63, 3.8) is 0 Å². The molecule has 2 aromatic carbocycles. The summed E-state index contributed by atoms with van der Waals surface area (Å²) in [6.07, 6.45) is 1.47. The first-order valence-corrected chi connectivity index (χ1v) is 6.52. The maximum atomic E-state index is 13.4. The molecular weight excluding hydrogens is 269 g/mol. The van der Waals surface area contributed by atoms with Gasteiger partial charge in [0.25, 0.3) is 0 Å². The van der Waals surface area contributed by atoms with Crippen LogP contribution >= 0.6 is 0 Å². The molecule has 106 valence electrons. The van der Waals surface area contributed by atoms with Gasteiger partial charge >= 0.3 is 0 Å². The lowest BCUT2D eigenvalue weighted by Crippen LogP contribution is -1.97. The van der Waals surface area contributed by atoms with Gasteiger partial charge in [-0.3, -0.25) is 0 Å². The van der Waals surface area contributed by atoms with Crippen LogP contribution in [-0.2, 0) is 0 Å². The first-order valence-electron chi connectivity index (χ1n) is 6.52. The Morgan fingerprint density at radius 3 is 2.57 bits per heavy atom. The summed E-state index contributed by atoms with van der Waals surface area (Å²) >= 11 is 0. The normalized spacial score (nSPS) is 10.8. The number of phenolic OH excluding ortho intramolecular Hbond substituents is 1. The first kappa shape index (κ1) is 13.3. The zero-order valence-electron chi connectivity index (χ0n) is 11.7. The molecule has 0 amide bonds. The molecule has 0 saturated heterocycles. The van der Waals surface area contributed by atoms with Crippen LogP contribution in [0.3, 0.4) is 0 Å². The predicted molar refractivity (Wildman–Crippen MR) is 80.4 cm³/mol. The molecule has 0 aliphatic heterocycles. The Morgan fingerprint density at radius 1 is 1.05 bits per heavy atom. The third kappa shape index (κ3) is 2.50. The molecule has 0 aliphatic carbocycles. The second kappa shape index (κ2) is 5.01. The Kier molecular flexibility index (Phi) is 3.17. The van der Waals surface area contributed by atoms with Gasteiger partial charge in [0.1, 0.15) is 12.1 Å². The van der Waals surface area contributed by atoms with E-state index in [1.807, 2.05) is 26.0 Å². The van der Waals surface area contributed by atoms with Crippen molar-refractivity contribution in [3.05, 3.63) is 53.6 Å². The van der Waals surface area contributed by atoms with Gasteiger partial charge in [0.05, 0.1) is 5.52 Å². The molecule has 3 rings (SSSR count). The van der Waals surface area contributed by atoms with Gasteiger partial charge in [0, 0.05) is 17.1 Å². The van der Waals surface area contributed by atoms with Gasteiger partial charge in [-0.05, 0) is 49.2 Å². The molecule has 1 heterocycles. The highest BCUT2D eigenvalue weighted by molar-refractivity contribution is 5.91. The second-order valence-corrected chi connectivity index (χ2v) is 4.97. The highest BCUT2D eigenvalue weighted by atomic mass is 19.1. The number of aromatic hydroxyl groups is 1. The van der Waals surface area contributed by atoms with Gasteiger partial charge in [-0.15, -0.1) is 0 Å². The van der Waals surface area contributed by atoms with E-state index in [4.69, 9.17) is 0 Å². The van der Waals surface area contributed by atoms with E-state index in [0.29, 0.717) is 11.5 Å². The summed E-state index contributed by atoms with van der Waals surface area (Å²) in [5, 5.41) is 13.1. The van der Waals surface area contributed by atoms with Gasteiger partial charge in [-0.25, -0.2) is 14.4 Å². The molecule has 3 aromatic rings. The Bertz CT molecular complexity index is 833. The number of benzene rings is 2. The molecule has 0 aliphatic rings. The zero-order chi connectivity index (χ0) is 15.0. The molecule has 4 nitrogen and oxygen atoms in total. The molecule has 0 saturated carbocycles. The fourth-order valence-electron chi connectivity index (χ4n) is 2.14. The van der Waals surface area contributed by atoms with Crippen LogP contribution in [0, 0.1) is 19.7 Å². The Balaban J connectivity index is 2.07. The highest BCUT2D eigenvalue weighted by Gasteiger charge is 2.08. The van der Waals surface area contributed by atoms with Crippen molar-refractivity contribution in [3.8, 4) is 5.75 Å². The number of nitrogens with one attached hydrogen (secondary N) is 1. The van der Waals surface area contributed by atoms with Crippen molar-refractivity contribution >= 4 is 22.4 Å². The number of aryl methyl sites for hydroxylation is 2. The van der Waals surface area contributed by atoms with Crippen LogP contribution in [0.15, 0.2) is 36.7 Å². The third-order valence-corrected chi connectivity index (χ3v) is 3.46. The lowest BCUT2D eigenvalue weighted by Gasteiger charge is -2.10. The summed E-state index contributed by atoms with van der Waals surface area (Å²) < 4.78 is 13.4. The van der Waals surface area contributed by atoms with E-state index in [0.717, 1.165) is 22.0 Å². The van der Waals surface area contributed by atoms with Gasteiger partial charge in [-0.2, -0.15) is 0 Å². The van der Waals surface area contributed by atoms with E-state index in [1.165, 1.54) is 18.5 Å². The molecule has 5 heteroatoms. The van der Waals surface area contributed by atoms with Crippen molar-refractivity contribution in [2.45, 2.75) is 13.8 Å². The minimum absolute atomic E-state index is 0.375. The third-order valence-electron chi connectivity index (χ3n) is 3.46. The lowest BCUT2D eigenvalue weighted by atomic mass is 10.1. The molecule has 1 aromatic heterocycles. The van der Waals surface area contributed by atoms with Crippen LogP contribution in [0.25, 0.3) is 10.9 Å². The van der Waals surface area contributed by atoms with Crippen LogP contribution in [0.1, 0.15) is 11.1 Å². The fourth-order valence-corrected chi connectivity index (χ4v) is 2.14. The largest absolute Gasteiger partial charge is 0.505 e. The van der Waals surface area contributed by atoms with Crippen molar-refractivity contribution in [2.24, 2.45) is 0 Å². The number of phenols is 1. The minimum atomic E-state index is -0.676. The van der Waals surface area contributed by atoms with E-state index < -0.39 is 5.82 Å². The van der Waals surface area contributed by atoms with Crippen molar-refractivity contribution < 1.29 is 9.50 Å². The average molecular weight is 283 g/mol. The van der Waals surface area contributed by atoms with Crippen LogP contribution in [0.5, 0.6) is 5.75 Å². The number of rotatable bonds is 2. The van der Waals surface area contributed by atoms with E-state index in [-0.39, 0.29) is 5.75 Å². The molecule has 0 atom stereocenters. The Hall–Kier alpha value is -2.69. The SMILES string of the molecule is Cc1cc2ncnc(Nc3ccc(O)c(F)c3)c2cc1C. The minimum Gasteiger partial charge on any atom is -0.505 e. The fraction of sp³-hybridized carbons (Fsp3) is 0.125. The maximum Gasteiger partial charge on any atom is 0.166 e. The first-order chi connectivity index (χ1) is 10.0. The van der Waals surface area contributed by atoms with Crippen LogP contribution in [0.4, 0.5) is 15.9 Å². The van der Waals surface area contributed by atoms with Gasteiger partial charge in [-0.1, -0.05) is 0 Å². The summed E-state index contributed by atoms with van der Waals surface area (Å²) in [7, 11) is 0. The van der Waals surface area contributed by atoms with Crippen LogP contribution < -0.4 is 5.32 Å². The Morgan fingerprint density at radius 2 is 1.81 bits per heavy atom. The van der Waals surface area contributed by atoms with Gasteiger partial charge < -0.3 is 10.4 Å². The van der Waals surface area contributed by atoms with E-state index >= 15 is 0 Å². The smallest absolute Gasteiger partial charge is 0.166 e. The quantitative estimate of drug-likeness (QED) is 0.702. The van der Waals surface area contributed by atoms with E-state index in [1.54, 1.807) is 6.07 Å². The number of fused-ring (bicyclic) bond motifs is 1. The molecular formula is C16H14FN3O. The van der Waals surface area contributed by atoms with Gasteiger partial charge in [0.15, 0.2) is 11.6 Å². The maximum absolute atomic E-state index is 13.4. The monoisotopic (exact) mass is 283 g/mol. The van der Waals surface area contributed by atoms with E-state index in [9.17, 15) is 9.50 Å². The second-order valence-electron chi connectivity index (χ2n) is 4.97. The van der Waals surface area contributed by atoms with Crippen molar-refractivity contribution in [1.29, 1.82) is 0 Å². The molecule has 0 fully saturated rings. The number of anilines is 2. The van der Waals surface area contributed by atoms with Crippen LogP contribution in [0.2, 0.25) is 0 Å². The molecule has 0 spiro atoms. The average Bonchev–Trinajstić information content (AvgIpc) is 2.45. The summed E-state index contributed by atoms with van der Waals surface area (Å²) in [4.78, 5) is 8.47. The number of aromatic nitrogens is 2. The molecule has 0 unspecified atom stereocenters. The van der Waals surface area contributed by atoms with Crippen molar-refractivity contribution in [2.75, 3.05) is 5.32 Å². The number of hydrogen-bond donors (Lipinski definition) is 2. The summed E-state index contributed by atoms with van der Waals surface area (Å²) in [6.45, 7) is 4.05. The number of halogens is 1.